The van der Waals surface area contributed by atoms with Crippen LogP contribution >= 0.6 is 12.4 Å². The molecule has 2 atom stereocenters. The molecule has 2 N–H and O–H groups in total. The van der Waals surface area contributed by atoms with Gasteiger partial charge in [0.1, 0.15) is 0 Å². The summed E-state index contributed by atoms with van der Waals surface area (Å²) in [4.78, 5) is 0.229. The lowest BCUT2D eigenvalue weighted by Gasteiger charge is -2.34. The van der Waals surface area contributed by atoms with Crippen LogP contribution in [0.1, 0.15) is 30.9 Å². The Hall–Kier alpha value is -1.13. The van der Waals surface area contributed by atoms with E-state index in [0.717, 1.165) is 12.8 Å². The molecule has 5 nitrogen and oxygen atoms in total. The molecule has 0 spiro atoms. The van der Waals surface area contributed by atoms with E-state index >= 15 is 0 Å². The molecule has 0 bridgehead atoms. The molecular formula is C15H22ClN3O2S. The van der Waals surface area contributed by atoms with Crippen molar-refractivity contribution in [2.24, 2.45) is 11.7 Å². The van der Waals surface area contributed by atoms with Crippen molar-refractivity contribution in [3.05, 3.63) is 29.3 Å². The SMILES string of the molecule is Cc1ccc(C#N)cc1S(=O)(=O)N1CCCC(C(C)N)C1.Cl. The smallest absolute Gasteiger partial charge is 0.243 e. The molecule has 1 saturated heterocycles. The van der Waals surface area contributed by atoms with Gasteiger partial charge in [-0.05, 0) is 50.3 Å². The predicted octanol–water partition coefficient (Wildman–Crippen LogP) is 2.04. The number of nitriles is 1. The zero-order chi connectivity index (χ0) is 15.6. The van der Waals surface area contributed by atoms with Crippen molar-refractivity contribution >= 4 is 22.4 Å². The quantitative estimate of drug-likeness (QED) is 0.909. The number of aryl methyl sites for hydroxylation is 1. The highest BCUT2D eigenvalue weighted by atomic mass is 35.5. The second-order valence-electron chi connectivity index (χ2n) is 5.72. The summed E-state index contributed by atoms with van der Waals surface area (Å²) >= 11 is 0. The third kappa shape index (κ3) is 3.79. The lowest BCUT2D eigenvalue weighted by atomic mass is 9.93. The van der Waals surface area contributed by atoms with Gasteiger partial charge in [0.2, 0.25) is 10.0 Å². The van der Waals surface area contributed by atoms with Crippen LogP contribution in [0.15, 0.2) is 23.1 Å². The average molecular weight is 344 g/mol. The number of nitrogens with zero attached hydrogens (tertiary/aromatic N) is 2. The van der Waals surface area contributed by atoms with E-state index in [1.165, 1.54) is 10.4 Å². The largest absolute Gasteiger partial charge is 0.328 e. The Morgan fingerprint density at radius 1 is 1.45 bits per heavy atom. The van der Waals surface area contributed by atoms with Gasteiger partial charge in [-0.25, -0.2) is 8.42 Å². The highest BCUT2D eigenvalue weighted by Gasteiger charge is 2.32. The van der Waals surface area contributed by atoms with Crippen molar-refractivity contribution in [1.82, 2.24) is 4.31 Å². The van der Waals surface area contributed by atoms with Crippen LogP contribution in [0.25, 0.3) is 0 Å². The first-order valence-corrected chi connectivity index (χ1v) is 8.56. The number of nitrogens with two attached hydrogens (primary N) is 1. The number of piperidine rings is 1. The molecule has 1 fully saturated rings. The van der Waals surface area contributed by atoms with E-state index in [4.69, 9.17) is 11.0 Å². The van der Waals surface area contributed by atoms with E-state index < -0.39 is 10.0 Å². The van der Waals surface area contributed by atoms with Crippen LogP contribution in [0.4, 0.5) is 0 Å². The topological polar surface area (TPSA) is 87.2 Å². The van der Waals surface area contributed by atoms with Gasteiger partial charge in [-0.3, -0.25) is 0 Å². The maximum Gasteiger partial charge on any atom is 0.243 e. The second kappa shape index (κ2) is 7.42. The maximum atomic E-state index is 12.8. The molecule has 0 radical (unpaired) electrons. The lowest BCUT2D eigenvalue weighted by molar-refractivity contribution is 0.243. The van der Waals surface area contributed by atoms with Crippen molar-refractivity contribution in [2.45, 2.75) is 37.6 Å². The zero-order valence-corrected chi connectivity index (χ0v) is 14.5. The van der Waals surface area contributed by atoms with Crippen molar-refractivity contribution < 1.29 is 8.42 Å². The molecule has 0 saturated carbocycles. The van der Waals surface area contributed by atoms with Gasteiger partial charge in [0.05, 0.1) is 16.5 Å². The minimum atomic E-state index is -3.57. The monoisotopic (exact) mass is 343 g/mol. The molecule has 2 rings (SSSR count). The van der Waals surface area contributed by atoms with E-state index in [1.54, 1.807) is 19.1 Å². The number of rotatable bonds is 3. The fraction of sp³-hybridized carbons (Fsp3) is 0.533. The highest BCUT2D eigenvalue weighted by Crippen LogP contribution is 2.27. The minimum Gasteiger partial charge on any atom is -0.328 e. The van der Waals surface area contributed by atoms with Crippen LogP contribution < -0.4 is 5.73 Å². The number of sulfonamides is 1. The molecule has 122 valence electrons. The van der Waals surface area contributed by atoms with Gasteiger partial charge in [0, 0.05) is 19.1 Å². The lowest BCUT2D eigenvalue weighted by Crippen LogP contribution is -2.45. The maximum absolute atomic E-state index is 12.8. The van der Waals surface area contributed by atoms with Crippen molar-refractivity contribution in [3.8, 4) is 6.07 Å². The summed E-state index contributed by atoms with van der Waals surface area (Å²) < 4.78 is 27.1. The molecule has 1 aromatic carbocycles. The molecule has 0 aliphatic carbocycles. The Morgan fingerprint density at radius 3 is 2.73 bits per heavy atom. The fourth-order valence-corrected chi connectivity index (χ4v) is 4.49. The summed E-state index contributed by atoms with van der Waals surface area (Å²) in [6.45, 7) is 4.64. The van der Waals surface area contributed by atoms with Gasteiger partial charge in [-0.1, -0.05) is 6.07 Å². The predicted molar refractivity (Wildman–Crippen MR) is 88.3 cm³/mol. The Kier molecular flexibility index (Phi) is 6.38. The third-order valence-electron chi connectivity index (χ3n) is 4.10. The molecule has 0 amide bonds. The van der Waals surface area contributed by atoms with Gasteiger partial charge >= 0.3 is 0 Å². The number of benzene rings is 1. The Labute approximate surface area is 138 Å². The van der Waals surface area contributed by atoms with Crippen molar-refractivity contribution in [2.75, 3.05) is 13.1 Å². The first-order chi connectivity index (χ1) is 9.86. The standard InChI is InChI=1S/C15H21N3O2S.ClH/c1-11-5-6-13(9-16)8-15(11)21(19,20)18-7-3-4-14(10-18)12(2)17;/h5-6,8,12,14H,3-4,7,10,17H2,1-2H3;1H. The summed E-state index contributed by atoms with van der Waals surface area (Å²) in [5.74, 6) is 0.188. The molecule has 1 aromatic rings. The van der Waals surface area contributed by atoms with Gasteiger partial charge < -0.3 is 5.73 Å². The second-order valence-corrected chi connectivity index (χ2v) is 7.62. The molecule has 1 aliphatic rings. The summed E-state index contributed by atoms with van der Waals surface area (Å²) in [5, 5.41) is 8.97. The van der Waals surface area contributed by atoms with Crippen LogP contribution in [0.5, 0.6) is 0 Å². The van der Waals surface area contributed by atoms with Crippen molar-refractivity contribution in [3.63, 3.8) is 0 Å². The zero-order valence-electron chi connectivity index (χ0n) is 12.8. The summed E-state index contributed by atoms with van der Waals surface area (Å²) in [6.07, 6.45) is 1.78. The summed E-state index contributed by atoms with van der Waals surface area (Å²) in [7, 11) is -3.57. The number of hydrogen-bond donors (Lipinski definition) is 1. The average Bonchev–Trinajstić information content (AvgIpc) is 2.47. The summed E-state index contributed by atoms with van der Waals surface area (Å²) in [5.41, 5.74) is 6.95. The number of halogens is 1. The van der Waals surface area contributed by atoms with Crippen molar-refractivity contribution in [1.29, 1.82) is 5.26 Å². The van der Waals surface area contributed by atoms with E-state index in [0.29, 0.717) is 24.2 Å². The Morgan fingerprint density at radius 2 is 2.14 bits per heavy atom. The normalized spacial score (nSPS) is 20.7. The van der Waals surface area contributed by atoms with E-state index in [9.17, 15) is 8.42 Å². The van der Waals surface area contributed by atoms with Gasteiger partial charge in [0.25, 0.3) is 0 Å². The van der Waals surface area contributed by atoms with Crippen LogP contribution in [0.3, 0.4) is 0 Å². The van der Waals surface area contributed by atoms with Crippen LogP contribution in [0, 0.1) is 24.2 Å². The summed E-state index contributed by atoms with van der Waals surface area (Å²) in [6, 6.07) is 6.75. The first kappa shape index (κ1) is 18.9. The first-order valence-electron chi connectivity index (χ1n) is 7.12. The fourth-order valence-electron chi connectivity index (χ4n) is 2.71. The molecule has 22 heavy (non-hydrogen) atoms. The van der Waals surface area contributed by atoms with Gasteiger partial charge in [-0.15, -0.1) is 12.4 Å². The Bertz CT molecular complexity index is 668. The molecule has 1 heterocycles. The molecule has 1 aliphatic heterocycles. The van der Waals surface area contributed by atoms with Crippen LogP contribution in [-0.4, -0.2) is 31.9 Å². The highest BCUT2D eigenvalue weighted by molar-refractivity contribution is 7.89. The van der Waals surface area contributed by atoms with Crippen LogP contribution in [-0.2, 0) is 10.0 Å². The van der Waals surface area contributed by atoms with Crippen LogP contribution in [0.2, 0.25) is 0 Å². The van der Waals surface area contributed by atoms with E-state index in [-0.39, 0.29) is 29.3 Å². The Balaban J connectivity index is 0.00000242. The van der Waals surface area contributed by atoms with Gasteiger partial charge in [-0.2, -0.15) is 9.57 Å². The molecule has 0 aromatic heterocycles. The molecule has 7 heteroatoms. The van der Waals surface area contributed by atoms with E-state index in [2.05, 4.69) is 0 Å². The number of hydrogen-bond acceptors (Lipinski definition) is 4. The van der Waals surface area contributed by atoms with Gasteiger partial charge in [0.15, 0.2) is 0 Å². The molecule has 2 unspecified atom stereocenters. The third-order valence-corrected chi connectivity index (χ3v) is 6.11. The van der Waals surface area contributed by atoms with E-state index in [1.807, 2.05) is 13.0 Å². The minimum absolute atomic E-state index is 0. The molecular weight excluding hydrogens is 322 g/mol.